The first-order chi connectivity index (χ1) is 6.68. The molecule has 14 heavy (non-hydrogen) atoms. The molecule has 0 amide bonds. The van der Waals surface area contributed by atoms with Crippen LogP contribution < -0.4 is 0 Å². The fourth-order valence-electron chi connectivity index (χ4n) is 2.00. The van der Waals surface area contributed by atoms with Gasteiger partial charge in [-0.05, 0) is 37.0 Å². The fraction of sp³-hybridized carbons (Fsp3) is 0.417. The van der Waals surface area contributed by atoms with Gasteiger partial charge in [-0.25, -0.2) is 0 Å². The Kier molecular flexibility index (Phi) is 2.73. The van der Waals surface area contributed by atoms with Crippen molar-refractivity contribution in [2.24, 2.45) is 5.92 Å². The molecular formula is C12H13BrO. The monoisotopic (exact) mass is 252 g/mol. The van der Waals surface area contributed by atoms with Gasteiger partial charge in [-0.3, -0.25) is 4.79 Å². The number of rotatable bonds is 0. The molecule has 0 bridgehead atoms. The second-order valence-electron chi connectivity index (χ2n) is 3.96. The molecule has 2 rings (SSSR count). The smallest absolute Gasteiger partial charge is 0.165 e. The van der Waals surface area contributed by atoms with Crippen LogP contribution >= 0.6 is 15.9 Å². The number of benzene rings is 1. The molecule has 0 fully saturated rings. The van der Waals surface area contributed by atoms with Crippen molar-refractivity contribution in [1.82, 2.24) is 0 Å². The summed E-state index contributed by atoms with van der Waals surface area (Å²) in [4.78, 5) is 11.9. The average Bonchev–Trinajstić information content (AvgIpc) is 2.28. The fourth-order valence-corrected chi connectivity index (χ4v) is 2.41. The highest BCUT2D eigenvalue weighted by Gasteiger charge is 2.21. The zero-order chi connectivity index (χ0) is 10.1. The Balaban J connectivity index is 2.48. The maximum absolute atomic E-state index is 11.9. The van der Waals surface area contributed by atoms with Crippen LogP contribution in [0.4, 0.5) is 0 Å². The number of Topliss-reactive ketones (excluding diaryl/α,β-unsaturated/α-hetero) is 1. The van der Waals surface area contributed by atoms with Crippen LogP contribution in [0.3, 0.4) is 0 Å². The van der Waals surface area contributed by atoms with Crippen LogP contribution in [0.2, 0.25) is 0 Å². The van der Waals surface area contributed by atoms with Crippen LogP contribution in [-0.2, 0) is 6.42 Å². The summed E-state index contributed by atoms with van der Waals surface area (Å²) in [7, 11) is 0. The number of fused-ring (bicyclic) bond motifs is 1. The van der Waals surface area contributed by atoms with Crippen molar-refractivity contribution in [1.29, 1.82) is 0 Å². The van der Waals surface area contributed by atoms with E-state index in [4.69, 9.17) is 0 Å². The third-order valence-corrected chi connectivity index (χ3v) is 3.36. The normalized spacial score (nSPS) is 21.6. The number of carbonyl (C=O) groups excluding carboxylic acids is 1. The van der Waals surface area contributed by atoms with E-state index in [-0.39, 0.29) is 5.92 Å². The predicted octanol–water partition coefficient (Wildman–Crippen LogP) is 3.60. The zero-order valence-corrected chi connectivity index (χ0v) is 9.80. The third kappa shape index (κ3) is 1.76. The highest BCUT2D eigenvalue weighted by molar-refractivity contribution is 9.10. The van der Waals surface area contributed by atoms with Gasteiger partial charge in [-0.15, -0.1) is 0 Å². The standard InChI is InChI=1S/C12H13BrO/c1-8-3-2-4-9-7-10(13)5-6-11(9)12(8)14/h5-8H,2-4H2,1H3. The topological polar surface area (TPSA) is 17.1 Å². The lowest BCUT2D eigenvalue weighted by molar-refractivity contribution is 0.0927. The quantitative estimate of drug-likeness (QED) is 0.645. The highest BCUT2D eigenvalue weighted by Crippen LogP contribution is 2.26. The molecule has 0 spiro atoms. The van der Waals surface area contributed by atoms with Crippen LogP contribution in [-0.4, -0.2) is 5.78 Å². The van der Waals surface area contributed by atoms with Gasteiger partial charge in [0.25, 0.3) is 0 Å². The molecule has 0 saturated carbocycles. The molecule has 0 heterocycles. The molecule has 1 aliphatic carbocycles. The van der Waals surface area contributed by atoms with Crippen molar-refractivity contribution in [3.8, 4) is 0 Å². The first kappa shape index (κ1) is 9.91. The molecule has 1 unspecified atom stereocenters. The van der Waals surface area contributed by atoms with Crippen molar-refractivity contribution in [3.05, 3.63) is 33.8 Å². The van der Waals surface area contributed by atoms with E-state index in [1.807, 2.05) is 19.1 Å². The van der Waals surface area contributed by atoms with E-state index in [0.717, 1.165) is 29.3 Å². The van der Waals surface area contributed by atoms with E-state index in [0.29, 0.717) is 5.78 Å². The second-order valence-corrected chi connectivity index (χ2v) is 4.87. The predicted molar refractivity (Wildman–Crippen MR) is 60.6 cm³/mol. The van der Waals surface area contributed by atoms with E-state index in [9.17, 15) is 4.79 Å². The number of ketones is 1. The van der Waals surface area contributed by atoms with Crippen molar-refractivity contribution in [2.45, 2.75) is 26.2 Å². The zero-order valence-electron chi connectivity index (χ0n) is 8.22. The van der Waals surface area contributed by atoms with Crippen LogP contribution in [0.5, 0.6) is 0 Å². The molecule has 1 atom stereocenters. The van der Waals surface area contributed by atoms with Crippen molar-refractivity contribution < 1.29 is 4.79 Å². The SMILES string of the molecule is CC1CCCc2cc(Br)ccc2C1=O. The molecule has 1 aliphatic rings. The van der Waals surface area contributed by atoms with E-state index >= 15 is 0 Å². The molecule has 0 aromatic heterocycles. The molecule has 1 aromatic rings. The number of aryl methyl sites for hydroxylation is 1. The van der Waals surface area contributed by atoms with E-state index < -0.39 is 0 Å². The van der Waals surface area contributed by atoms with Crippen LogP contribution in [0, 0.1) is 5.92 Å². The number of carbonyl (C=O) groups is 1. The third-order valence-electron chi connectivity index (χ3n) is 2.86. The Morgan fingerprint density at radius 2 is 2.21 bits per heavy atom. The van der Waals surface area contributed by atoms with Gasteiger partial charge in [0.05, 0.1) is 0 Å². The van der Waals surface area contributed by atoms with Crippen LogP contribution in [0.1, 0.15) is 35.7 Å². The molecule has 2 heteroatoms. The lowest BCUT2D eigenvalue weighted by atomic mass is 9.97. The first-order valence-corrected chi connectivity index (χ1v) is 5.80. The summed E-state index contributed by atoms with van der Waals surface area (Å²) in [6.07, 6.45) is 3.17. The van der Waals surface area contributed by atoms with Gasteiger partial charge in [0.15, 0.2) is 5.78 Å². The molecule has 0 N–H and O–H groups in total. The minimum atomic E-state index is 0.192. The molecule has 0 radical (unpaired) electrons. The van der Waals surface area contributed by atoms with Crippen molar-refractivity contribution >= 4 is 21.7 Å². The lowest BCUT2D eigenvalue weighted by Crippen LogP contribution is -2.09. The summed E-state index contributed by atoms with van der Waals surface area (Å²) in [6.45, 7) is 2.03. The molecular weight excluding hydrogens is 240 g/mol. The molecule has 1 aromatic carbocycles. The Labute approximate surface area is 92.6 Å². The molecule has 0 saturated heterocycles. The lowest BCUT2D eigenvalue weighted by Gasteiger charge is -2.07. The van der Waals surface area contributed by atoms with Crippen LogP contribution in [0.15, 0.2) is 22.7 Å². The molecule has 1 nitrogen and oxygen atoms in total. The summed E-state index contributed by atoms with van der Waals surface area (Å²) in [5.41, 5.74) is 2.13. The van der Waals surface area contributed by atoms with Crippen LogP contribution in [0.25, 0.3) is 0 Å². The highest BCUT2D eigenvalue weighted by atomic mass is 79.9. The van der Waals surface area contributed by atoms with Gasteiger partial charge in [0, 0.05) is 16.0 Å². The summed E-state index contributed by atoms with van der Waals surface area (Å²) in [6, 6.07) is 5.98. The maximum atomic E-state index is 11.9. The van der Waals surface area contributed by atoms with Gasteiger partial charge < -0.3 is 0 Å². The van der Waals surface area contributed by atoms with Crippen molar-refractivity contribution in [2.75, 3.05) is 0 Å². The van der Waals surface area contributed by atoms with E-state index in [1.54, 1.807) is 0 Å². The summed E-state index contributed by atoms with van der Waals surface area (Å²) in [5.74, 6) is 0.502. The Bertz CT molecular complexity index is 371. The van der Waals surface area contributed by atoms with Gasteiger partial charge >= 0.3 is 0 Å². The largest absolute Gasteiger partial charge is 0.294 e. The van der Waals surface area contributed by atoms with Crippen molar-refractivity contribution in [3.63, 3.8) is 0 Å². The van der Waals surface area contributed by atoms with Gasteiger partial charge in [-0.2, -0.15) is 0 Å². The number of hydrogen-bond acceptors (Lipinski definition) is 1. The van der Waals surface area contributed by atoms with Gasteiger partial charge in [-0.1, -0.05) is 28.9 Å². The van der Waals surface area contributed by atoms with E-state index in [1.165, 1.54) is 5.56 Å². The minimum absolute atomic E-state index is 0.192. The summed E-state index contributed by atoms with van der Waals surface area (Å²) < 4.78 is 1.07. The molecule has 0 aliphatic heterocycles. The Hall–Kier alpha value is -0.630. The second kappa shape index (κ2) is 3.85. The maximum Gasteiger partial charge on any atom is 0.165 e. The summed E-state index contributed by atoms with van der Waals surface area (Å²) in [5, 5.41) is 0. The molecule has 74 valence electrons. The Morgan fingerprint density at radius 3 is 3.00 bits per heavy atom. The van der Waals surface area contributed by atoms with Gasteiger partial charge in [0.2, 0.25) is 0 Å². The van der Waals surface area contributed by atoms with Gasteiger partial charge in [0.1, 0.15) is 0 Å². The average molecular weight is 253 g/mol. The Morgan fingerprint density at radius 1 is 1.43 bits per heavy atom. The first-order valence-electron chi connectivity index (χ1n) is 5.01. The number of halogens is 1. The number of hydrogen-bond donors (Lipinski definition) is 0. The minimum Gasteiger partial charge on any atom is -0.294 e. The van der Waals surface area contributed by atoms with E-state index in [2.05, 4.69) is 22.0 Å². The summed E-state index contributed by atoms with van der Waals surface area (Å²) >= 11 is 3.44.